The van der Waals surface area contributed by atoms with Gasteiger partial charge >= 0.3 is 6.09 Å². The fourth-order valence-corrected chi connectivity index (χ4v) is 4.01. The summed E-state index contributed by atoms with van der Waals surface area (Å²) in [4.78, 5) is 29.2. The van der Waals surface area contributed by atoms with Crippen LogP contribution in [0, 0.1) is 5.92 Å². The van der Waals surface area contributed by atoms with Crippen molar-refractivity contribution in [1.29, 1.82) is 0 Å². The highest BCUT2D eigenvalue weighted by molar-refractivity contribution is 5.90. The Morgan fingerprint density at radius 2 is 2.06 bits per heavy atom. The van der Waals surface area contributed by atoms with Crippen LogP contribution in [-0.2, 0) is 20.8 Å². The van der Waals surface area contributed by atoms with Gasteiger partial charge in [-0.1, -0.05) is 0 Å². The molecule has 0 aliphatic carbocycles. The van der Waals surface area contributed by atoms with E-state index >= 15 is 0 Å². The largest absolute Gasteiger partial charge is 0.491 e. The minimum atomic E-state index is -2.76. The van der Waals surface area contributed by atoms with Gasteiger partial charge in [-0.3, -0.25) is 4.79 Å². The van der Waals surface area contributed by atoms with Gasteiger partial charge in [0.15, 0.2) is 5.82 Å². The normalized spacial score (nSPS) is 21.2. The van der Waals surface area contributed by atoms with Crippen molar-refractivity contribution in [3.05, 3.63) is 24.4 Å². The van der Waals surface area contributed by atoms with Crippen LogP contribution < -0.4 is 20.7 Å². The molecule has 3 aliphatic heterocycles. The number of fused-ring (bicyclic) bond motifs is 3. The monoisotopic (exact) mass is 449 g/mol. The number of alkyl halides is 2. The number of amides is 2. The molecule has 0 radical (unpaired) electrons. The molecule has 2 amide bonds. The molecular weight excluding hydrogens is 428 g/mol. The first kappa shape index (κ1) is 20.5. The minimum Gasteiger partial charge on any atom is -0.491 e. The SMILES string of the molecule is NC(=O)[C@@H](Nc1ccc2c(c1)OCCn1cc(N3C(=O)OC[C@H]3C(F)F)nc1-2)C1COC1. The predicted molar refractivity (Wildman–Crippen MR) is 108 cm³/mol. The Morgan fingerprint density at radius 1 is 1.25 bits per heavy atom. The third kappa shape index (κ3) is 3.49. The number of halogens is 2. The summed E-state index contributed by atoms with van der Waals surface area (Å²) in [6, 6.07) is 3.29. The molecular formula is C20H21F2N5O5. The molecule has 12 heteroatoms. The molecule has 0 unspecified atom stereocenters. The van der Waals surface area contributed by atoms with Crippen LogP contribution in [0.15, 0.2) is 24.4 Å². The number of aromatic nitrogens is 2. The van der Waals surface area contributed by atoms with E-state index in [-0.39, 0.29) is 18.3 Å². The van der Waals surface area contributed by atoms with Crippen LogP contribution in [0.5, 0.6) is 5.75 Å². The van der Waals surface area contributed by atoms with Crippen LogP contribution in [0.2, 0.25) is 0 Å². The number of hydrogen-bond donors (Lipinski definition) is 2. The number of ether oxygens (including phenoxy) is 3. The number of nitrogens with two attached hydrogens (primary N) is 1. The zero-order chi connectivity index (χ0) is 22.4. The molecule has 0 spiro atoms. The van der Waals surface area contributed by atoms with Crippen LogP contribution in [0.25, 0.3) is 11.4 Å². The fraction of sp³-hybridized carbons (Fsp3) is 0.450. The Morgan fingerprint density at radius 3 is 2.75 bits per heavy atom. The molecule has 3 N–H and O–H groups in total. The summed E-state index contributed by atoms with van der Waals surface area (Å²) in [5.41, 5.74) is 6.80. The first-order chi connectivity index (χ1) is 15.4. The van der Waals surface area contributed by atoms with Gasteiger partial charge in [0.25, 0.3) is 6.43 Å². The van der Waals surface area contributed by atoms with E-state index in [2.05, 4.69) is 10.3 Å². The van der Waals surface area contributed by atoms with E-state index in [1.807, 2.05) is 0 Å². The van der Waals surface area contributed by atoms with Crippen molar-refractivity contribution in [3.8, 4) is 17.1 Å². The number of nitrogens with zero attached hydrogens (tertiary/aromatic N) is 3. The number of carbonyl (C=O) groups excluding carboxylic acids is 2. The summed E-state index contributed by atoms with van der Waals surface area (Å²) in [7, 11) is 0. The van der Waals surface area contributed by atoms with Gasteiger partial charge in [0, 0.05) is 23.9 Å². The van der Waals surface area contributed by atoms with Crippen molar-refractivity contribution in [2.45, 2.75) is 25.1 Å². The molecule has 2 fully saturated rings. The lowest BCUT2D eigenvalue weighted by atomic mass is 9.97. The van der Waals surface area contributed by atoms with Gasteiger partial charge in [-0.05, 0) is 12.1 Å². The molecule has 0 saturated carbocycles. The molecule has 3 aliphatic rings. The van der Waals surface area contributed by atoms with E-state index in [9.17, 15) is 18.4 Å². The zero-order valence-corrected chi connectivity index (χ0v) is 16.9. The molecule has 2 aromatic rings. The van der Waals surface area contributed by atoms with Gasteiger partial charge in [0.2, 0.25) is 5.91 Å². The number of rotatable bonds is 6. The Labute approximate surface area is 181 Å². The second-order valence-electron chi connectivity index (χ2n) is 7.85. The summed E-state index contributed by atoms with van der Waals surface area (Å²) in [6.45, 7) is 1.24. The Hall–Kier alpha value is -3.41. The third-order valence-electron chi connectivity index (χ3n) is 5.78. The topological polar surface area (TPSA) is 121 Å². The van der Waals surface area contributed by atoms with Crippen molar-refractivity contribution in [3.63, 3.8) is 0 Å². The van der Waals surface area contributed by atoms with Gasteiger partial charge in [-0.2, -0.15) is 0 Å². The summed E-state index contributed by atoms with van der Waals surface area (Å²) in [6.07, 6.45) is -2.06. The maximum Gasteiger partial charge on any atom is 0.416 e. The Balaban J connectivity index is 1.45. The molecule has 170 valence electrons. The molecule has 5 rings (SSSR count). The van der Waals surface area contributed by atoms with E-state index in [0.717, 1.165) is 4.90 Å². The van der Waals surface area contributed by atoms with Crippen LogP contribution >= 0.6 is 0 Å². The second kappa shape index (κ2) is 7.93. The van der Waals surface area contributed by atoms with Gasteiger partial charge in [-0.25, -0.2) is 23.5 Å². The number of cyclic esters (lactones) is 1. The third-order valence-corrected chi connectivity index (χ3v) is 5.78. The second-order valence-corrected chi connectivity index (χ2v) is 7.85. The molecule has 4 heterocycles. The molecule has 1 aromatic heterocycles. The number of anilines is 2. The van der Waals surface area contributed by atoms with Crippen LogP contribution in [0.3, 0.4) is 0 Å². The van der Waals surface area contributed by atoms with Gasteiger partial charge in [-0.15, -0.1) is 0 Å². The smallest absolute Gasteiger partial charge is 0.416 e. The lowest BCUT2D eigenvalue weighted by Gasteiger charge is -2.32. The lowest BCUT2D eigenvalue weighted by Crippen LogP contribution is -2.49. The molecule has 0 bridgehead atoms. The highest BCUT2D eigenvalue weighted by Crippen LogP contribution is 2.37. The maximum absolute atomic E-state index is 13.4. The van der Waals surface area contributed by atoms with Crippen molar-refractivity contribution in [2.24, 2.45) is 11.7 Å². The number of carbonyl (C=O) groups is 2. The van der Waals surface area contributed by atoms with Crippen molar-refractivity contribution in [2.75, 3.05) is 36.6 Å². The molecule has 2 saturated heterocycles. The number of primary amides is 1. The first-order valence-electron chi connectivity index (χ1n) is 10.1. The highest BCUT2D eigenvalue weighted by Gasteiger charge is 2.42. The number of imidazole rings is 1. The van der Waals surface area contributed by atoms with E-state index in [0.29, 0.717) is 49.2 Å². The Bertz CT molecular complexity index is 1060. The van der Waals surface area contributed by atoms with Crippen LogP contribution in [0.1, 0.15) is 0 Å². The van der Waals surface area contributed by atoms with Crippen molar-refractivity contribution < 1.29 is 32.6 Å². The average Bonchev–Trinajstić information content (AvgIpc) is 3.25. The van der Waals surface area contributed by atoms with Crippen molar-refractivity contribution in [1.82, 2.24) is 9.55 Å². The molecule has 32 heavy (non-hydrogen) atoms. The summed E-state index contributed by atoms with van der Waals surface area (Å²) >= 11 is 0. The standard InChI is InChI=1S/C20H21F2N5O5/c21-17(22)13-9-32-20(29)27(13)15-6-26-3-4-31-14-5-11(1-2-12(14)19(26)25-15)24-16(18(23)28)10-7-30-8-10/h1-2,5-6,10,13,16-17,24H,3-4,7-9H2,(H2,23,28)/t13-,16-/m0/s1. The van der Waals surface area contributed by atoms with Gasteiger partial charge in [0.1, 0.15) is 36.9 Å². The van der Waals surface area contributed by atoms with E-state index in [4.69, 9.17) is 19.9 Å². The number of nitrogens with one attached hydrogen (secondary N) is 1. The summed E-state index contributed by atoms with van der Waals surface area (Å²) < 4.78 is 44.3. The fourth-order valence-electron chi connectivity index (χ4n) is 4.01. The summed E-state index contributed by atoms with van der Waals surface area (Å²) in [5.74, 6) is 0.609. The van der Waals surface area contributed by atoms with E-state index < -0.39 is 30.5 Å². The van der Waals surface area contributed by atoms with Crippen LogP contribution in [-0.4, -0.2) is 66.5 Å². The Kier molecular flexibility index (Phi) is 5.08. The lowest BCUT2D eigenvalue weighted by molar-refractivity contribution is -0.124. The summed E-state index contributed by atoms with van der Waals surface area (Å²) in [5, 5.41) is 3.13. The average molecular weight is 449 g/mol. The minimum absolute atomic E-state index is 0.00307. The van der Waals surface area contributed by atoms with Crippen LogP contribution in [0.4, 0.5) is 25.1 Å². The van der Waals surface area contributed by atoms with Gasteiger partial charge in [0.05, 0.1) is 25.3 Å². The quantitative estimate of drug-likeness (QED) is 0.685. The predicted octanol–water partition coefficient (Wildman–Crippen LogP) is 1.44. The molecule has 10 nitrogen and oxygen atoms in total. The maximum atomic E-state index is 13.4. The highest BCUT2D eigenvalue weighted by atomic mass is 19.3. The van der Waals surface area contributed by atoms with E-state index in [1.165, 1.54) is 0 Å². The molecule has 1 aromatic carbocycles. The zero-order valence-electron chi connectivity index (χ0n) is 16.9. The van der Waals surface area contributed by atoms with Gasteiger partial charge < -0.3 is 29.8 Å². The number of hydrogen-bond acceptors (Lipinski definition) is 7. The van der Waals surface area contributed by atoms with E-state index in [1.54, 1.807) is 29.0 Å². The number of benzene rings is 1. The van der Waals surface area contributed by atoms with Crippen molar-refractivity contribution >= 4 is 23.5 Å². The molecule has 2 atom stereocenters. The first-order valence-corrected chi connectivity index (χ1v) is 10.1.